The molecule has 0 amide bonds. The Morgan fingerprint density at radius 2 is 1.84 bits per heavy atom. The second-order valence-electron chi connectivity index (χ2n) is 4.39. The van der Waals surface area contributed by atoms with Crippen molar-refractivity contribution in [2.45, 2.75) is 18.7 Å². The summed E-state index contributed by atoms with van der Waals surface area (Å²) in [7, 11) is 0. The number of hydrogen-bond acceptors (Lipinski definition) is 3. The lowest BCUT2D eigenvalue weighted by Crippen LogP contribution is -1.92. The predicted octanol–water partition coefficient (Wildman–Crippen LogP) is 4.26. The van der Waals surface area contributed by atoms with Gasteiger partial charge in [0.15, 0.2) is 5.65 Å². The highest BCUT2D eigenvalue weighted by atomic mass is 35.5. The number of hydrogen-bond donors (Lipinski definition) is 0. The fourth-order valence-electron chi connectivity index (χ4n) is 1.91. The predicted molar refractivity (Wildman–Crippen MR) is 79.7 cm³/mol. The Labute approximate surface area is 120 Å². The minimum Gasteiger partial charge on any atom is -0.268 e. The third kappa shape index (κ3) is 2.33. The molecule has 0 radical (unpaired) electrons. The summed E-state index contributed by atoms with van der Waals surface area (Å²) < 4.78 is 2.08. The van der Waals surface area contributed by atoms with Crippen molar-refractivity contribution in [1.29, 1.82) is 0 Å². The summed E-state index contributed by atoms with van der Waals surface area (Å²) in [5, 5.41) is 1.39. The molecule has 3 aromatic rings. The van der Waals surface area contributed by atoms with Gasteiger partial charge in [-0.25, -0.2) is 9.97 Å². The number of halogens is 1. The molecule has 2 heterocycles. The first-order chi connectivity index (χ1) is 9.15. The number of aryl methyl sites for hydroxylation is 2. The van der Waals surface area contributed by atoms with Crippen LogP contribution in [-0.4, -0.2) is 13.9 Å². The number of fused-ring (bicyclic) bond motifs is 1. The highest BCUT2D eigenvalue weighted by Gasteiger charge is 2.11. The number of benzene rings is 1. The summed E-state index contributed by atoms with van der Waals surface area (Å²) in [4.78, 5) is 9.50. The summed E-state index contributed by atoms with van der Waals surface area (Å²) in [6.07, 6.45) is 1.50. The Hall–Kier alpha value is -1.52. The molecule has 3 nitrogen and oxygen atoms in total. The van der Waals surface area contributed by atoms with Crippen LogP contribution in [0.15, 0.2) is 41.6 Å². The van der Waals surface area contributed by atoms with Crippen LogP contribution in [0.3, 0.4) is 0 Å². The molecule has 0 N–H and O–H groups in total. The molecule has 0 saturated carbocycles. The van der Waals surface area contributed by atoms with Crippen molar-refractivity contribution in [3.63, 3.8) is 0 Å². The molecule has 19 heavy (non-hydrogen) atoms. The van der Waals surface area contributed by atoms with Crippen LogP contribution in [-0.2, 0) is 0 Å². The smallest absolute Gasteiger partial charge is 0.155 e. The van der Waals surface area contributed by atoms with E-state index in [1.807, 2.05) is 13.0 Å². The second kappa shape index (κ2) is 4.87. The summed E-state index contributed by atoms with van der Waals surface area (Å²) in [5.41, 5.74) is 3.20. The van der Waals surface area contributed by atoms with Gasteiger partial charge in [0.25, 0.3) is 0 Å². The zero-order valence-electron chi connectivity index (χ0n) is 10.6. The van der Waals surface area contributed by atoms with Crippen molar-refractivity contribution < 1.29 is 0 Å². The highest BCUT2D eigenvalue weighted by Crippen LogP contribution is 2.30. The van der Waals surface area contributed by atoms with Crippen LogP contribution in [0.1, 0.15) is 11.3 Å². The van der Waals surface area contributed by atoms with Crippen LogP contribution in [0.5, 0.6) is 0 Å². The van der Waals surface area contributed by atoms with Gasteiger partial charge < -0.3 is 0 Å². The van der Waals surface area contributed by atoms with Gasteiger partial charge in [-0.2, -0.15) is 0 Å². The van der Waals surface area contributed by atoms with Gasteiger partial charge in [-0.1, -0.05) is 29.3 Å². The van der Waals surface area contributed by atoms with E-state index in [4.69, 9.17) is 11.6 Å². The van der Waals surface area contributed by atoms with E-state index in [0.717, 1.165) is 16.7 Å². The number of nitrogens with zero attached hydrogens (tertiary/aromatic N) is 3. The molecule has 1 aromatic carbocycles. The van der Waals surface area contributed by atoms with Crippen molar-refractivity contribution in [2.75, 3.05) is 0 Å². The van der Waals surface area contributed by atoms with Crippen molar-refractivity contribution in [1.82, 2.24) is 13.9 Å². The van der Waals surface area contributed by atoms with Crippen LogP contribution in [0.2, 0.25) is 5.15 Å². The van der Waals surface area contributed by atoms with Gasteiger partial charge >= 0.3 is 0 Å². The van der Waals surface area contributed by atoms with E-state index < -0.39 is 0 Å². The Kier molecular flexibility index (Phi) is 3.21. The molecule has 0 atom stereocenters. The monoisotopic (exact) mass is 289 g/mol. The summed E-state index contributed by atoms with van der Waals surface area (Å²) in [5.74, 6) is 0. The van der Waals surface area contributed by atoms with Crippen LogP contribution in [0.25, 0.3) is 11.0 Å². The maximum absolute atomic E-state index is 6.09. The van der Waals surface area contributed by atoms with Crippen LogP contribution >= 0.6 is 23.5 Å². The largest absolute Gasteiger partial charge is 0.268 e. The van der Waals surface area contributed by atoms with Crippen molar-refractivity contribution in [3.8, 4) is 0 Å². The third-order valence-corrected chi connectivity index (χ3v) is 4.33. The summed E-state index contributed by atoms with van der Waals surface area (Å²) in [6.45, 7) is 4.12. The number of aromatic nitrogens is 3. The van der Waals surface area contributed by atoms with E-state index in [9.17, 15) is 0 Å². The quantitative estimate of drug-likeness (QED) is 0.661. The van der Waals surface area contributed by atoms with Crippen LogP contribution in [0.4, 0.5) is 0 Å². The standard InChI is InChI=1S/C14H12ClN3S/c1-9-3-5-11(6-4-9)19-18-10(2)7-12-13(15)16-8-17-14(12)18/h3-8H,1-2H3. The first kappa shape index (κ1) is 12.5. The highest BCUT2D eigenvalue weighted by molar-refractivity contribution is 7.98. The van der Waals surface area contributed by atoms with E-state index in [1.165, 1.54) is 16.8 Å². The Morgan fingerprint density at radius 1 is 1.11 bits per heavy atom. The van der Waals surface area contributed by atoms with Crippen molar-refractivity contribution >= 4 is 34.6 Å². The molecule has 2 aromatic heterocycles. The average Bonchev–Trinajstić information content (AvgIpc) is 2.71. The van der Waals surface area contributed by atoms with Gasteiger partial charge in [0.1, 0.15) is 11.5 Å². The molecule has 5 heteroatoms. The summed E-state index contributed by atoms with van der Waals surface area (Å²) >= 11 is 7.73. The third-order valence-electron chi connectivity index (χ3n) is 2.90. The lowest BCUT2D eigenvalue weighted by molar-refractivity contribution is 1.14. The first-order valence-electron chi connectivity index (χ1n) is 5.89. The maximum atomic E-state index is 6.09. The molecule has 96 valence electrons. The maximum Gasteiger partial charge on any atom is 0.155 e. The Bertz CT molecular complexity index is 734. The molecule has 0 saturated heterocycles. The van der Waals surface area contributed by atoms with E-state index in [0.29, 0.717) is 5.15 Å². The normalized spacial score (nSPS) is 11.1. The van der Waals surface area contributed by atoms with Gasteiger partial charge in [0.05, 0.1) is 5.39 Å². The molecule has 3 rings (SSSR count). The van der Waals surface area contributed by atoms with Gasteiger partial charge in [0, 0.05) is 10.6 Å². The minimum absolute atomic E-state index is 0.497. The topological polar surface area (TPSA) is 30.7 Å². The average molecular weight is 290 g/mol. The molecule has 0 fully saturated rings. The van der Waals surface area contributed by atoms with Gasteiger partial charge in [-0.05, 0) is 44.0 Å². The molecule has 0 aliphatic rings. The molecule has 0 aliphatic carbocycles. The fourth-order valence-corrected chi connectivity index (χ4v) is 2.99. The lowest BCUT2D eigenvalue weighted by atomic mass is 10.2. The molecular weight excluding hydrogens is 278 g/mol. The van der Waals surface area contributed by atoms with Gasteiger partial charge in [0.2, 0.25) is 0 Å². The second-order valence-corrected chi connectivity index (χ2v) is 5.76. The lowest BCUT2D eigenvalue weighted by Gasteiger charge is -2.06. The zero-order valence-corrected chi connectivity index (χ0v) is 12.2. The van der Waals surface area contributed by atoms with E-state index in [-0.39, 0.29) is 0 Å². The molecule has 0 unspecified atom stereocenters. The SMILES string of the molecule is Cc1ccc(Sn2c(C)cc3c(Cl)ncnc32)cc1. The van der Waals surface area contributed by atoms with Crippen LogP contribution in [0, 0.1) is 13.8 Å². The molecule has 0 bridgehead atoms. The van der Waals surface area contributed by atoms with E-state index in [1.54, 1.807) is 11.9 Å². The first-order valence-corrected chi connectivity index (χ1v) is 7.04. The van der Waals surface area contributed by atoms with E-state index in [2.05, 4.69) is 45.1 Å². The van der Waals surface area contributed by atoms with Gasteiger partial charge in [-0.15, -0.1) is 0 Å². The van der Waals surface area contributed by atoms with E-state index >= 15 is 0 Å². The zero-order chi connectivity index (χ0) is 13.4. The van der Waals surface area contributed by atoms with Crippen molar-refractivity contribution in [2.24, 2.45) is 0 Å². The molecule has 0 spiro atoms. The van der Waals surface area contributed by atoms with Crippen LogP contribution < -0.4 is 0 Å². The Morgan fingerprint density at radius 3 is 2.58 bits per heavy atom. The molecule has 0 aliphatic heterocycles. The molecular formula is C14H12ClN3S. The van der Waals surface area contributed by atoms with Gasteiger partial charge in [-0.3, -0.25) is 3.97 Å². The summed E-state index contributed by atoms with van der Waals surface area (Å²) in [6, 6.07) is 10.4. The minimum atomic E-state index is 0.497. The Balaban J connectivity index is 2.07. The van der Waals surface area contributed by atoms with Crippen molar-refractivity contribution in [3.05, 3.63) is 53.1 Å². The fraction of sp³-hybridized carbons (Fsp3) is 0.143. The number of rotatable bonds is 2.